The van der Waals surface area contributed by atoms with Crippen molar-refractivity contribution < 1.29 is 17.6 Å². The Bertz CT molecular complexity index is 1010. The van der Waals surface area contributed by atoms with Gasteiger partial charge in [0.25, 0.3) is 5.91 Å². The van der Waals surface area contributed by atoms with Crippen LogP contribution in [0.25, 0.3) is 0 Å². The Morgan fingerprint density at radius 2 is 2.00 bits per heavy atom. The molecule has 1 aromatic heterocycles. The molecule has 0 unspecified atom stereocenters. The number of sulfonamides is 1. The molecule has 31 heavy (non-hydrogen) atoms. The summed E-state index contributed by atoms with van der Waals surface area (Å²) in [5.41, 5.74) is 2.92. The highest BCUT2D eigenvalue weighted by Gasteiger charge is 2.25. The van der Waals surface area contributed by atoms with Gasteiger partial charge < -0.3 is 4.90 Å². The van der Waals surface area contributed by atoms with E-state index in [-0.39, 0.29) is 28.6 Å². The van der Waals surface area contributed by atoms with Crippen LogP contribution in [0.15, 0.2) is 36.5 Å². The average Bonchev–Trinajstić information content (AvgIpc) is 3.27. The number of carbonyl (C=O) groups excluding carboxylic acids is 1. The lowest BCUT2D eigenvalue weighted by molar-refractivity contribution is 0.0953. The number of nitrogens with one attached hydrogen (secondary N) is 1. The fraction of sp³-hybridized carbons (Fsp3) is 0.400. The Morgan fingerprint density at radius 3 is 2.61 bits per heavy atom. The number of amides is 1. The topological polar surface area (TPSA) is 109 Å². The fourth-order valence-electron chi connectivity index (χ4n) is 3.46. The number of hydrogen-bond donors (Lipinski definition) is 2. The van der Waals surface area contributed by atoms with Crippen molar-refractivity contribution in [2.75, 3.05) is 29.7 Å². The van der Waals surface area contributed by atoms with Crippen LogP contribution in [0.5, 0.6) is 0 Å². The highest BCUT2D eigenvalue weighted by molar-refractivity contribution is 7.92. The van der Waals surface area contributed by atoms with E-state index in [1.807, 2.05) is 5.43 Å². The Morgan fingerprint density at radius 1 is 1.26 bits per heavy atom. The predicted molar refractivity (Wildman–Crippen MR) is 118 cm³/mol. The number of nitrogens with two attached hydrogens (primary N) is 1. The van der Waals surface area contributed by atoms with Crippen molar-refractivity contribution in [3.8, 4) is 0 Å². The first-order valence-electron chi connectivity index (χ1n) is 9.94. The van der Waals surface area contributed by atoms with Crippen LogP contribution in [0.3, 0.4) is 0 Å². The van der Waals surface area contributed by atoms with Gasteiger partial charge in [0.15, 0.2) is 0 Å². The molecule has 0 bridgehead atoms. The summed E-state index contributed by atoms with van der Waals surface area (Å²) < 4.78 is 41.2. The number of anilines is 1. The summed E-state index contributed by atoms with van der Waals surface area (Å²) in [6.07, 6.45) is 4.07. The number of rotatable bonds is 9. The Labute approximate surface area is 186 Å². The number of nitrogen functional groups attached to an aromatic ring is 1. The highest BCUT2D eigenvalue weighted by Crippen LogP contribution is 2.27. The first-order chi connectivity index (χ1) is 14.8. The van der Waals surface area contributed by atoms with Gasteiger partial charge in [0, 0.05) is 6.20 Å². The van der Waals surface area contributed by atoms with Gasteiger partial charge in [0.1, 0.15) is 5.82 Å². The molecule has 11 heteroatoms. The summed E-state index contributed by atoms with van der Waals surface area (Å²) in [5.74, 6) is 3.91. The first-order valence-corrected chi connectivity index (χ1v) is 11.9. The van der Waals surface area contributed by atoms with Gasteiger partial charge in [-0.3, -0.25) is 19.5 Å². The standard InChI is InChI=1S/C20H25ClFN5O3S/c21-18-12-17(6-7-19(18)22)27(14-16-5-4-15(13-24-16)20(28)25-23)31(29,30)11-3-10-26-8-1-2-9-26/h4-7,12-13H,1-3,8-11,14,23H2,(H,25,28). The zero-order valence-electron chi connectivity index (χ0n) is 16.9. The lowest BCUT2D eigenvalue weighted by Crippen LogP contribution is -2.34. The van der Waals surface area contributed by atoms with Gasteiger partial charge in [-0.2, -0.15) is 0 Å². The second-order valence-corrected chi connectivity index (χ2v) is 9.76. The molecule has 8 nitrogen and oxygen atoms in total. The molecule has 0 saturated carbocycles. The summed E-state index contributed by atoms with van der Waals surface area (Å²) in [7, 11) is -3.74. The zero-order valence-corrected chi connectivity index (χ0v) is 18.5. The largest absolute Gasteiger partial charge is 0.303 e. The quantitative estimate of drug-likeness (QED) is 0.331. The van der Waals surface area contributed by atoms with E-state index in [0.717, 1.165) is 32.0 Å². The molecule has 3 rings (SSSR count). The molecule has 0 spiro atoms. The number of nitrogens with zero attached hydrogens (tertiary/aromatic N) is 3. The second kappa shape index (κ2) is 10.4. The molecule has 0 aliphatic carbocycles. The average molecular weight is 470 g/mol. The van der Waals surface area contributed by atoms with E-state index in [1.54, 1.807) is 6.07 Å². The number of halogens is 2. The minimum Gasteiger partial charge on any atom is -0.303 e. The van der Waals surface area contributed by atoms with E-state index in [2.05, 4.69) is 9.88 Å². The monoisotopic (exact) mass is 469 g/mol. The first kappa shape index (κ1) is 23.4. The molecule has 168 valence electrons. The highest BCUT2D eigenvalue weighted by atomic mass is 35.5. The van der Waals surface area contributed by atoms with E-state index in [0.29, 0.717) is 18.7 Å². The lowest BCUT2D eigenvalue weighted by atomic mass is 10.2. The van der Waals surface area contributed by atoms with Crippen molar-refractivity contribution in [3.63, 3.8) is 0 Å². The molecule has 1 saturated heterocycles. The number of pyridine rings is 1. The predicted octanol–water partition coefficient (Wildman–Crippen LogP) is 2.30. The summed E-state index contributed by atoms with van der Waals surface area (Å²) >= 11 is 5.90. The number of hydrogen-bond acceptors (Lipinski definition) is 6. The Kier molecular flexibility index (Phi) is 7.82. The van der Waals surface area contributed by atoms with Crippen LogP contribution in [0.2, 0.25) is 5.02 Å². The van der Waals surface area contributed by atoms with Gasteiger partial charge >= 0.3 is 0 Å². The molecular weight excluding hydrogens is 445 g/mol. The van der Waals surface area contributed by atoms with E-state index >= 15 is 0 Å². The number of benzene rings is 1. The van der Waals surface area contributed by atoms with Gasteiger partial charge in [-0.1, -0.05) is 11.6 Å². The minimum atomic E-state index is -3.74. The third-order valence-corrected chi connectivity index (χ3v) is 7.23. The third kappa shape index (κ3) is 6.13. The van der Waals surface area contributed by atoms with Crippen LogP contribution in [0, 0.1) is 5.82 Å². The van der Waals surface area contributed by atoms with Crippen molar-refractivity contribution in [3.05, 3.63) is 58.6 Å². The van der Waals surface area contributed by atoms with Gasteiger partial charge in [0.2, 0.25) is 10.0 Å². The van der Waals surface area contributed by atoms with Gasteiger partial charge in [-0.05, 0) is 69.2 Å². The normalized spacial score (nSPS) is 14.5. The van der Waals surface area contributed by atoms with Crippen LogP contribution in [-0.2, 0) is 16.6 Å². The van der Waals surface area contributed by atoms with Crippen LogP contribution in [0.4, 0.5) is 10.1 Å². The summed E-state index contributed by atoms with van der Waals surface area (Å²) in [4.78, 5) is 18.0. The molecule has 2 aromatic rings. The van der Waals surface area contributed by atoms with Crippen LogP contribution >= 0.6 is 11.6 Å². The van der Waals surface area contributed by atoms with Gasteiger partial charge in [0.05, 0.1) is 34.3 Å². The lowest BCUT2D eigenvalue weighted by Gasteiger charge is -2.25. The van der Waals surface area contributed by atoms with Crippen molar-refractivity contribution in [1.82, 2.24) is 15.3 Å². The Balaban J connectivity index is 1.81. The van der Waals surface area contributed by atoms with Crippen LogP contribution in [-0.4, -0.2) is 49.6 Å². The molecule has 1 fully saturated rings. The maximum atomic E-state index is 13.6. The Hall–Kier alpha value is -2.27. The van der Waals surface area contributed by atoms with Crippen LogP contribution in [0.1, 0.15) is 35.3 Å². The van der Waals surface area contributed by atoms with E-state index in [9.17, 15) is 17.6 Å². The van der Waals surface area contributed by atoms with E-state index < -0.39 is 21.7 Å². The molecule has 1 amide bonds. The molecule has 0 radical (unpaired) electrons. The number of hydrazine groups is 1. The molecule has 1 aliphatic heterocycles. The van der Waals surface area contributed by atoms with Gasteiger partial charge in [-0.25, -0.2) is 18.7 Å². The zero-order chi connectivity index (χ0) is 22.4. The van der Waals surface area contributed by atoms with Gasteiger partial charge in [-0.15, -0.1) is 0 Å². The summed E-state index contributed by atoms with van der Waals surface area (Å²) in [5, 5.41) is -0.169. The van der Waals surface area contributed by atoms with E-state index in [1.165, 1.54) is 28.7 Å². The maximum Gasteiger partial charge on any atom is 0.266 e. The summed E-state index contributed by atoms with van der Waals surface area (Å²) in [6.45, 7) is 2.60. The number of likely N-dealkylation sites (tertiary alicyclic amines) is 1. The third-order valence-electron chi connectivity index (χ3n) is 5.13. The molecule has 2 heterocycles. The SMILES string of the molecule is NNC(=O)c1ccc(CN(c2ccc(F)c(Cl)c2)S(=O)(=O)CCCN2CCCC2)nc1. The van der Waals surface area contributed by atoms with Crippen LogP contribution < -0.4 is 15.6 Å². The molecular formula is C20H25ClFN5O3S. The number of carbonyl (C=O) groups is 1. The summed E-state index contributed by atoms with van der Waals surface area (Å²) in [6, 6.07) is 6.83. The second-order valence-electron chi connectivity index (χ2n) is 7.34. The maximum absolute atomic E-state index is 13.6. The van der Waals surface area contributed by atoms with Crippen molar-refractivity contribution in [2.24, 2.45) is 5.84 Å². The van der Waals surface area contributed by atoms with Crippen molar-refractivity contribution in [2.45, 2.75) is 25.8 Å². The molecule has 3 N–H and O–H groups in total. The molecule has 1 aromatic carbocycles. The molecule has 1 aliphatic rings. The smallest absolute Gasteiger partial charge is 0.266 e. The molecule has 0 atom stereocenters. The van der Waals surface area contributed by atoms with Crippen molar-refractivity contribution >= 4 is 33.2 Å². The van der Waals surface area contributed by atoms with Crippen molar-refractivity contribution in [1.29, 1.82) is 0 Å². The van der Waals surface area contributed by atoms with E-state index in [4.69, 9.17) is 17.4 Å². The fourth-order valence-corrected chi connectivity index (χ4v) is 5.11. The minimum absolute atomic E-state index is 0.0633. The number of aromatic nitrogens is 1.